The smallest absolute Gasteiger partial charge is 0.256 e. The number of aliphatic hydroxyl groups is 1. The van der Waals surface area contributed by atoms with Crippen LogP contribution < -0.4 is 10.2 Å². The summed E-state index contributed by atoms with van der Waals surface area (Å²) in [6.45, 7) is 1.81. The number of imidazole rings is 1. The molecule has 0 aliphatic carbocycles. The summed E-state index contributed by atoms with van der Waals surface area (Å²) in [5.41, 5.74) is 2.23. The van der Waals surface area contributed by atoms with E-state index in [1.807, 2.05) is 36.1 Å². The number of piperidine rings is 1. The van der Waals surface area contributed by atoms with Crippen molar-refractivity contribution in [2.75, 3.05) is 18.0 Å². The zero-order valence-electron chi connectivity index (χ0n) is 14.7. The molecule has 0 aromatic carbocycles. The number of rotatable bonds is 4. The minimum atomic E-state index is -0.328. The van der Waals surface area contributed by atoms with Crippen LogP contribution in [0.3, 0.4) is 0 Å². The normalized spacial score (nSPS) is 17.6. The summed E-state index contributed by atoms with van der Waals surface area (Å²) in [6.07, 6.45) is 8.43. The highest BCUT2D eigenvalue weighted by Gasteiger charge is 2.21. The van der Waals surface area contributed by atoms with Gasteiger partial charge in [-0.05, 0) is 18.9 Å². The molecule has 3 aromatic rings. The molecule has 136 valence electrons. The molecule has 1 amide bonds. The number of pyridine rings is 1. The molecule has 26 heavy (non-hydrogen) atoms. The van der Waals surface area contributed by atoms with Gasteiger partial charge < -0.3 is 19.9 Å². The van der Waals surface area contributed by atoms with Gasteiger partial charge in [0.15, 0.2) is 0 Å². The number of anilines is 1. The van der Waals surface area contributed by atoms with Crippen molar-refractivity contribution in [1.82, 2.24) is 24.5 Å². The molecule has 0 spiro atoms. The lowest BCUT2D eigenvalue weighted by Crippen LogP contribution is -2.39. The predicted octanol–water partition coefficient (Wildman–Crippen LogP) is 0.959. The Morgan fingerprint density at radius 3 is 3.15 bits per heavy atom. The summed E-state index contributed by atoms with van der Waals surface area (Å²) in [5.74, 6) is 0.654. The SMILES string of the molecule is Cn1ccn2ncc(C(=O)NCc3cccnc3N3CCC[C@@H](O)C3)c12. The molecule has 4 rings (SSSR count). The number of carbonyl (C=O) groups excluding carboxylic acids is 1. The van der Waals surface area contributed by atoms with Crippen molar-refractivity contribution in [1.29, 1.82) is 0 Å². The van der Waals surface area contributed by atoms with Gasteiger partial charge in [-0.2, -0.15) is 5.10 Å². The highest BCUT2D eigenvalue weighted by Crippen LogP contribution is 2.22. The summed E-state index contributed by atoms with van der Waals surface area (Å²) >= 11 is 0. The number of hydrogen-bond donors (Lipinski definition) is 2. The highest BCUT2D eigenvalue weighted by molar-refractivity contribution is 5.99. The molecule has 1 saturated heterocycles. The minimum absolute atomic E-state index is 0.171. The van der Waals surface area contributed by atoms with Crippen molar-refractivity contribution in [3.8, 4) is 0 Å². The Hall–Kier alpha value is -2.87. The van der Waals surface area contributed by atoms with Gasteiger partial charge in [0.05, 0.1) is 12.3 Å². The maximum absolute atomic E-state index is 12.6. The number of β-amino-alcohol motifs (C(OH)–C–C–N with tert-alkyl or cyclic N) is 1. The van der Waals surface area contributed by atoms with Gasteiger partial charge in [0.2, 0.25) is 0 Å². The van der Waals surface area contributed by atoms with E-state index in [4.69, 9.17) is 0 Å². The lowest BCUT2D eigenvalue weighted by Gasteiger charge is -2.32. The van der Waals surface area contributed by atoms with E-state index in [0.717, 1.165) is 36.4 Å². The van der Waals surface area contributed by atoms with E-state index in [1.54, 1.807) is 16.9 Å². The third-order valence-electron chi connectivity index (χ3n) is 4.78. The van der Waals surface area contributed by atoms with Crippen LogP contribution in [0.5, 0.6) is 0 Å². The largest absolute Gasteiger partial charge is 0.391 e. The average molecular weight is 354 g/mol. The van der Waals surface area contributed by atoms with Crippen LogP contribution in [0.15, 0.2) is 36.9 Å². The number of aryl methyl sites for hydroxylation is 1. The van der Waals surface area contributed by atoms with Crippen molar-refractivity contribution in [2.24, 2.45) is 7.05 Å². The minimum Gasteiger partial charge on any atom is -0.391 e. The van der Waals surface area contributed by atoms with Crippen LogP contribution in [0.1, 0.15) is 28.8 Å². The van der Waals surface area contributed by atoms with E-state index < -0.39 is 0 Å². The van der Waals surface area contributed by atoms with Crippen LogP contribution in [0, 0.1) is 0 Å². The molecule has 1 aliphatic rings. The summed E-state index contributed by atoms with van der Waals surface area (Å²) in [4.78, 5) is 19.2. The number of nitrogens with zero attached hydrogens (tertiary/aromatic N) is 5. The molecule has 0 bridgehead atoms. The molecule has 0 unspecified atom stereocenters. The summed E-state index contributed by atoms with van der Waals surface area (Å²) < 4.78 is 3.55. The Balaban J connectivity index is 1.51. The van der Waals surface area contributed by atoms with Crippen LogP contribution in [-0.4, -0.2) is 49.4 Å². The Morgan fingerprint density at radius 2 is 2.31 bits per heavy atom. The fraction of sp³-hybridized carbons (Fsp3) is 0.389. The van der Waals surface area contributed by atoms with E-state index in [-0.39, 0.29) is 12.0 Å². The Kier molecular flexibility index (Phi) is 4.34. The number of amides is 1. The van der Waals surface area contributed by atoms with Gasteiger partial charge >= 0.3 is 0 Å². The quantitative estimate of drug-likeness (QED) is 0.729. The lowest BCUT2D eigenvalue weighted by atomic mass is 10.1. The van der Waals surface area contributed by atoms with Gasteiger partial charge in [-0.3, -0.25) is 4.79 Å². The first-order valence-corrected chi connectivity index (χ1v) is 8.77. The van der Waals surface area contributed by atoms with Crippen molar-refractivity contribution in [3.05, 3.63) is 48.0 Å². The fourth-order valence-electron chi connectivity index (χ4n) is 3.48. The first kappa shape index (κ1) is 16.6. The van der Waals surface area contributed by atoms with E-state index in [2.05, 4.69) is 20.3 Å². The Morgan fingerprint density at radius 1 is 1.42 bits per heavy atom. The molecular formula is C18H22N6O2. The predicted molar refractivity (Wildman–Crippen MR) is 97.0 cm³/mol. The monoisotopic (exact) mass is 354 g/mol. The Bertz CT molecular complexity index is 931. The molecule has 4 heterocycles. The standard InChI is InChI=1S/C18H22N6O2/c1-22-8-9-24-18(22)15(11-21-24)17(26)20-10-13-4-2-6-19-16(13)23-7-3-5-14(25)12-23/h2,4,6,8-9,11,14,25H,3,5,7,10,12H2,1H3,(H,20,26)/t14-/m1/s1. The maximum atomic E-state index is 12.6. The Labute approximate surface area is 151 Å². The number of fused-ring (bicyclic) bond motifs is 1. The van der Waals surface area contributed by atoms with E-state index in [0.29, 0.717) is 18.7 Å². The van der Waals surface area contributed by atoms with Gasteiger partial charge in [0.1, 0.15) is 17.0 Å². The van der Waals surface area contributed by atoms with Gasteiger partial charge in [0.25, 0.3) is 5.91 Å². The lowest BCUT2D eigenvalue weighted by molar-refractivity contribution is 0.0952. The van der Waals surface area contributed by atoms with Gasteiger partial charge in [-0.25, -0.2) is 9.50 Å². The molecule has 0 saturated carbocycles. The molecule has 3 aromatic heterocycles. The van der Waals surface area contributed by atoms with Crippen molar-refractivity contribution in [3.63, 3.8) is 0 Å². The van der Waals surface area contributed by atoms with Crippen LogP contribution in [-0.2, 0) is 13.6 Å². The van der Waals surface area contributed by atoms with Gasteiger partial charge in [0, 0.05) is 50.8 Å². The summed E-state index contributed by atoms with van der Waals surface area (Å²) in [5, 5.41) is 17.1. The maximum Gasteiger partial charge on any atom is 0.256 e. The topological polar surface area (TPSA) is 87.7 Å². The molecule has 0 radical (unpaired) electrons. The number of aromatic nitrogens is 4. The molecule has 8 nitrogen and oxygen atoms in total. The molecular weight excluding hydrogens is 332 g/mol. The van der Waals surface area contributed by atoms with E-state index >= 15 is 0 Å². The zero-order valence-corrected chi connectivity index (χ0v) is 14.7. The first-order valence-electron chi connectivity index (χ1n) is 8.77. The third kappa shape index (κ3) is 3.03. The third-order valence-corrected chi connectivity index (χ3v) is 4.78. The second-order valence-corrected chi connectivity index (χ2v) is 6.65. The van der Waals surface area contributed by atoms with Gasteiger partial charge in [-0.1, -0.05) is 6.07 Å². The number of aliphatic hydroxyl groups excluding tert-OH is 1. The highest BCUT2D eigenvalue weighted by atomic mass is 16.3. The summed E-state index contributed by atoms with van der Waals surface area (Å²) in [7, 11) is 1.88. The zero-order chi connectivity index (χ0) is 18.1. The average Bonchev–Trinajstić information content (AvgIpc) is 3.23. The van der Waals surface area contributed by atoms with Crippen molar-refractivity contribution >= 4 is 17.4 Å². The molecule has 1 fully saturated rings. The van der Waals surface area contributed by atoms with Gasteiger partial charge in [-0.15, -0.1) is 0 Å². The number of carbonyl (C=O) groups is 1. The molecule has 1 atom stereocenters. The number of hydrogen-bond acceptors (Lipinski definition) is 5. The van der Waals surface area contributed by atoms with E-state index in [1.165, 1.54) is 0 Å². The molecule has 1 aliphatic heterocycles. The molecule has 8 heteroatoms. The van der Waals surface area contributed by atoms with E-state index in [9.17, 15) is 9.90 Å². The first-order chi connectivity index (χ1) is 12.6. The van der Waals surface area contributed by atoms with Crippen LogP contribution in [0.4, 0.5) is 5.82 Å². The van der Waals surface area contributed by atoms with Crippen LogP contribution >= 0.6 is 0 Å². The van der Waals surface area contributed by atoms with Crippen molar-refractivity contribution < 1.29 is 9.90 Å². The molecule has 2 N–H and O–H groups in total. The second kappa shape index (κ2) is 6.80. The second-order valence-electron chi connectivity index (χ2n) is 6.65. The summed E-state index contributed by atoms with van der Waals surface area (Å²) in [6, 6.07) is 3.82. The van der Waals surface area contributed by atoms with Crippen molar-refractivity contribution in [2.45, 2.75) is 25.5 Å². The number of nitrogens with one attached hydrogen (secondary N) is 1. The van der Waals surface area contributed by atoms with Crippen LogP contribution in [0.2, 0.25) is 0 Å². The fourth-order valence-corrected chi connectivity index (χ4v) is 3.48. The van der Waals surface area contributed by atoms with Crippen LogP contribution in [0.25, 0.3) is 5.65 Å².